The van der Waals surface area contributed by atoms with Crippen LogP contribution in [0.25, 0.3) is 0 Å². The number of aromatic nitrogens is 1. The molecule has 0 aliphatic rings. The maximum absolute atomic E-state index is 12.1. The van der Waals surface area contributed by atoms with Crippen LogP contribution in [0, 0.1) is 11.3 Å². The van der Waals surface area contributed by atoms with Crippen LogP contribution in [-0.4, -0.2) is 11.3 Å². The summed E-state index contributed by atoms with van der Waals surface area (Å²) in [5.41, 5.74) is -1.35. The number of ether oxygens (including phenoxy) is 1. The van der Waals surface area contributed by atoms with Crippen LogP contribution in [0.5, 0.6) is 5.88 Å². The van der Waals surface area contributed by atoms with Crippen LogP contribution in [0.3, 0.4) is 0 Å². The van der Waals surface area contributed by atoms with Crippen molar-refractivity contribution in [1.29, 1.82) is 5.26 Å². The highest BCUT2D eigenvalue weighted by atomic mass is 19.4. The third-order valence-electron chi connectivity index (χ3n) is 1.46. The first-order valence-electron chi connectivity index (χ1n) is 3.77. The zero-order chi connectivity index (χ0) is 12.3. The van der Waals surface area contributed by atoms with E-state index in [1.165, 1.54) is 6.07 Å². The first kappa shape index (κ1) is 12.2. The molecule has 0 saturated heterocycles. The van der Waals surface area contributed by atoms with Gasteiger partial charge in [-0.25, -0.2) is 13.8 Å². The molecule has 0 unspecified atom stereocenters. The van der Waals surface area contributed by atoms with Gasteiger partial charge in [-0.1, -0.05) is 0 Å². The third kappa shape index (κ3) is 3.05. The highest BCUT2D eigenvalue weighted by Gasteiger charge is 2.33. The van der Waals surface area contributed by atoms with Gasteiger partial charge in [0.05, 0.1) is 0 Å². The fraction of sp³-hybridized carbons (Fsp3) is 0.250. The molecule has 0 aliphatic carbocycles. The fourth-order valence-corrected chi connectivity index (χ4v) is 0.859. The second kappa shape index (κ2) is 4.30. The normalized spacial score (nSPS) is 11.3. The Morgan fingerprint density at radius 3 is 2.44 bits per heavy atom. The minimum absolute atomic E-state index is 0.520. The lowest BCUT2D eigenvalue weighted by molar-refractivity contribution is -0.276. The quantitative estimate of drug-likeness (QED) is 0.744. The van der Waals surface area contributed by atoms with E-state index in [9.17, 15) is 22.0 Å². The van der Waals surface area contributed by atoms with Crippen LogP contribution >= 0.6 is 0 Å². The Morgan fingerprint density at radius 1 is 1.38 bits per heavy atom. The summed E-state index contributed by atoms with van der Waals surface area (Å²) in [6, 6.07) is 1.89. The first-order valence-corrected chi connectivity index (χ1v) is 3.77. The Morgan fingerprint density at radius 2 is 2.00 bits per heavy atom. The van der Waals surface area contributed by atoms with Crippen molar-refractivity contribution in [3.8, 4) is 11.9 Å². The van der Waals surface area contributed by atoms with Crippen molar-refractivity contribution in [2.75, 3.05) is 0 Å². The van der Waals surface area contributed by atoms with Gasteiger partial charge in [0.2, 0.25) is 5.88 Å². The van der Waals surface area contributed by atoms with E-state index in [1.807, 2.05) is 0 Å². The van der Waals surface area contributed by atoms with Crippen LogP contribution in [-0.2, 0) is 0 Å². The molecule has 1 aromatic heterocycles. The van der Waals surface area contributed by atoms with Crippen molar-refractivity contribution >= 4 is 0 Å². The average Bonchev–Trinajstić information content (AvgIpc) is 2.15. The van der Waals surface area contributed by atoms with Gasteiger partial charge >= 0.3 is 6.36 Å². The molecule has 0 fully saturated rings. The molecule has 0 N–H and O–H groups in total. The number of nitriles is 1. The van der Waals surface area contributed by atoms with E-state index in [0.717, 1.165) is 0 Å². The molecule has 8 heteroatoms. The maximum Gasteiger partial charge on any atom is 0.574 e. The van der Waals surface area contributed by atoms with Gasteiger partial charge in [-0.15, -0.1) is 13.2 Å². The molecule has 0 atom stereocenters. The van der Waals surface area contributed by atoms with E-state index in [-0.39, 0.29) is 0 Å². The summed E-state index contributed by atoms with van der Waals surface area (Å²) in [7, 11) is 0. The van der Waals surface area contributed by atoms with Gasteiger partial charge in [0, 0.05) is 11.8 Å². The van der Waals surface area contributed by atoms with Gasteiger partial charge in [-0.2, -0.15) is 5.26 Å². The number of hydrogen-bond donors (Lipinski definition) is 0. The molecule has 0 spiro atoms. The SMILES string of the molecule is N#Cc1cc(C(F)F)cnc1OC(F)(F)F. The van der Waals surface area contributed by atoms with Crippen molar-refractivity contribution in [2.24, 2.45) is 0 Å². The van der Waals surface area contributed by atoms with E-state index in [1.54, 1.807) is 0 Å². The average molecular weight is 238 g/mol. The largest absolute Gasteiger partial charge is 0.574 e. The second-order valence-electron chi connectivity index (χ2n) is 2.58. The van der Waals surface area contributed by atoms with E-state index in [4.69, 9.17) is 5.26 Å². The first-order chi connectivity index (χ1) is 7.33. The molecule has 0 saturated carbocycles. The molecule has 16 heavy (non-hydrogen) atoms. The number of alkyl halides is 5. The predicted octanol–water partition coefficient (Wildman–Crippen LogP) is 2.79. The molecule has 1 rings (SSSR count). The number of rotatable bonds is 2. The standard InChI is InChI=1S/C8H3F5N2O/c9-6(10)5-1-4(2-14)7(15-3-5)16-8(11,12)13/h1,3,6H. The molecule has 1 heterocycles. The second-order valence-corrected chi connectivity index (χ2v) is 2.58. The summed E-state index contributed by atoms with van der Waals surface area (Å²) in [6.07, 6.45) is -7.42. The van der Waals surface area contributed by atoms with E-state index in [0.29, 0.717) is 12.3 Å². The van der Waals surface area contributed by atoms with Crippen LogP contribution in [0.4, 0.5) is 22.0 Å². The molecule has 0 radical (unpaired) electrons. The monoisotopic (exact) mass is 238 g/mol. The van der Waals surface area contributed by atoms with Gasteiger partial charge in [-0.3, -0.25) is 0 Å². The van der Waals surface area contributed by atoms with Gasteiger partial charge in [0.25, 0.3) is 6.43 Å². The summed E-state index contributed by atoms with van der Waals surface area (Å²) >= 11 is 0. The molecular formula is C8H3F5N2O. The molecule has 0 bridgehead atoms. The summed E-state index contributed by atoms with van der Waals surface area (Å²) in [5, 5.41) is 8.44. The summed E-state index contributed by atoms with van der Waals surface area (Å²) in [6.45, 7) is 0. The minimum Gasteiger partial charge on any atom is -0.386 e. The lowest BCUT2D eigenvalue weighted by atomic mass is 10.2. The van der Waals surface area contributed by atoms with Crippen molar-refractivity contribution in [2.45, 2.75) is 12.8 Å². The topological polar surface area (TPSA) is 45.9 Å². The van der Waals surface area contributed by atoms with Gasteiger partial charge in [0.1, 0.15) is 11.6 Å². The highest BCUT2D eigenvalue weighted by molar-refractivity contribution is 5.40. The van der Waals surface area contributed by atoms with E-state index >= 15 is 0 Å². The van der Waals surface area contributed by atoms with Crippen molar-refractivity contribution in [1.82, 2.24) is 4.98 Å². The third-order valence-corrected chi connectivity index (χ3v) is 1.46. The smallest absolute Gasteiger partial charge is 0.386 e. The van der Waals surface area contributed by atoms with E-state index < -0.39 is 29.8 Å². The molecular weight excluding hydrogens is 235 g/mol. The molecule has 0 aliphatic heterocycles. The van der Waals surface area contributed by atoms with Crippen LogP contribution < -0.4 is 4.74 Å². The van der Waals surface area contributed by atoms with Crippen LogP contribution in [0.1, 0.15) is 17.6 Å². The van der Waals surface area contributed by atoms with Gasteiger partial charge in [-0.05, 0) is 6.07 Å². The van der Waals surface area contributed by atoms with Crippen LogP contribution in [0.15, 0.2) is 12.3 Å². The number of halogens is 5. The minimum atomic E-state index is -5.02. The number of hydrogen-bond acceptors (Lipinski definition) is 3. The maximum atomic E-state index is 12.1. The molecule has 1 aromatic rings. The number of nitrogens with zero attached hydrogens (tertiary/aromatic N) is 2. The van der Waals surface area contributed by atoms with Crippen molar-refractivity contribution in [3.63, 3.8) is 0 Å². The summed E-state index contributed by atoms with van der Waals surface area (Å²) in [4.78, 5) is 3.01. The summed E-state index contributed by atoms with van der Waals surface area (Å²) < 4.78 is 63.1. The Hall–Kier alpha value is -1.91. The van der Waals surface area contributed by atoms with Crippen molar-refractivity contribution in [3.05, 3.63) is 23.4 Å². The zero-order valence-electron chi connectivity index (χ0n) is 7.42. The summed E-state index contributed by atoms with van der Waals surface area (Å²) in [5.74, 6) is -1.04. The van der Waals surface area contributed by atoms with Gasteiger partial charge < -0.3 is 4.74 Å². The fourth-order valence-electron chi connectivity index (χ4n) is 0.859. The Balaban J connectivity index is 3.09. The Bertz CT molecular complexity index is 423. The van der Waals surface area contributed by atoms with E-state index in [2.05, 4.69) is 9.72 Å². The predicted molar refractivity (Wildman–Crippen MR) is 40.6 cm³/mol. The molecule has 3 nitrogen and oxygen atoms in total. The molecule has 0 amide bonds. The molecule has 0 aromatic carbocycles. The zero-order valence-corrected chi connectivity index (χ0v) is 7.42. The Labute approximate surface area is 86.1 Å². The van der Waals surface area contributed by atoms with Crippen molar-refractivity contribution < 1.29 is 26.7 Å². The van der Waals surface area contributed by atoms with Crippen LogP contribution in [0.2, 0.25) is 0 Å². The Kier molecular flexibility index (Phi) is 3.27. The lowest BCUT2D eigenvalue weighted by Gasteiger charge is -2.09. The lowest BCUT2D eigenvalue weighted by Crippen LogP contribution is -2.18. The number of pyridine rings is 1. The highest BCUT2D eigenvalue weighted by Crippen LogP contribution is 2.27. The van der Waals surface area contributed by atoms with Gasteiger partial charge in [0.15, 0.2) is 0 Å². The molecule has 86 valence electrons.